The normalized spacial score (nSPS) is 20.9. The van der Waals surface area contributed by atoms with E-state index in [0.29, 0.717) is 0 Å². The molecule has 0 heterocycles. The van der Waals surface area contributed by atoms with Gasteiger partial charge in [-0.2, -0.15) is 0 Å². The highest BCUT2D eigenvalue weighted by atomic mass is 16.6. The first-order valence-corrected chi connectivity index (χ1v) is 6.42. The van der Waals surface area contributed by atoms with E-state index in [1.807, 2.05) is 0 Å². The van der Waals surface area contributed by atoms with Crippen LogP contribution in [0.5, 0.6) is 0 Å². The Kier molecular flexibility index (Phi) is 6.70. The van der Waals surface area contributed by atoms with E-state index in [1.165, 1.54) is 0 Å². The van der Waals surface area contributed by atoms with E-state index >= 15 is 0 Å². The van der Waals surface area contributed by atoms with Gasteiger partial charge in [-0.15, -0.1) is 0 Å². The molecule has 0 aromatic rings. The zero-order chi connectivity index (χ0) is 11.6. The molecule has 1 atom stereocenters. The first-order chi connectivity index (χ1) is 7.83. The molecular weight excluding hydrogens is 202 g/mol. The quantitative estimate of drug-likeness (QED) is 0.588. The lowest BCUT2D eigenvalue weighted by atomic mass is 10.0. The van der Waals surface area contributed by atoms with Crippen LogP contribution in [0, 0.1) is 0 Å². The number of ether oxygens (including phenoxy) is 1. The van der Waals surface area contributed by atoms with E-state index in [2.05, 4.69) is 24.4 Å². The topological polar surface area (TPSA) is 38.3 Å². The molecule has 0 aromatic carbocycles. The van der Waals surface area contributed by atoms with Gasteiger partial charge in [-0.1, -0.05) is 25.5 Å². The molecule has 0 saturated heterocycles. The van der Waals surface area contributed by atoms with Gasteiger partial charge in [-0.25, -0.2) is 4.79 Å². The van der Waals surface area contributed by atoms with Crippen LogP contribution >= 0.6 is 0 Å². The maximum absolute atomic E-state index is 11.4. The number of carbonyl (C=O) groups is 1. The predicted octanol–water partition coefficient (Wildman–Crippen LogP) is 3.40. The summed E-state index contributed by atoms with van der Waals surface area (Å²) in [5, 5.41) is 2.79. The SMILES string of the molecule is CCCCNC(=O)OC1CCC=CCCC1. The van der Waals surface area contributed by atoms with E-state index in [-0.39, 0.29) is 12.2 Å². The summed E-state index contributed by atoms with van der Waals surface area (Å²) in [7, 11) is 0. The van der Waals surface area contributed by atoms with Gasteiger partial charge in [0.15, 0.2) is 0 Å². The molecule has 1 N–H and O–H groups in total. The highest BCUT2D eigenvalue weighted by Crippen LogP contribution is 2.15. The lowest BCUT2D eigenvalue weighted by Crippen LogP contribution is -2.29. The summed E-state index contributed by atoms with van der Waals surface area (Å²) in [6, 6.07) is 0. The average molecular weight is 225 g/mol. The van der Waals surface area contributed by atoms with Crippen LogP contribution in [0.3, 0.4) is 0 Å². The summed E-state index contributed by atoms with van der Waals surface area (Å²) in [6.45, 7) is 2.83. The second kappa shape index (κ2) is 8.20. The summed E-state index contributed by atoms with van der Waals surface area (Å²) < 4.78 is 5.39. The van der Waals surface area contributed by atoms with Crippen LogP contribution in [0.1, 0.15) is 51.9 Å². The largest absolute Gasteiger partial charge is 0.446 e. The summed E-state index contributed by atoms with van der Waals surface area (Å²) in [5.41, 5.74) is 0. The van der Waals surface area contributed by atoms with Crippen molar-refractivity contribution in [3.8, 4) is 0 Å². The number of rotatable bonds is 4. The number of hydrogen-bond donors (Lipinski definition) is 1. The minimum atomic E-state index is -0.247. The van der Waals surface area contributed by atoms with Crippen molar-refractivity contribution in [2.24, 2.45) is 0 Å². The first kappa shape index (κ1) is 13.1. The average Bonchev–Trinajstić information content (AvgIpc) is 2.22. The minimum Gasteiger partial charge on any atom is -0.446 e. The molecule has 92 valence electrons. The van der Waals surface area contributed by atoms with Gasteiger partial charge >= 0.3 is 6.09 Å². The molecule has 3 heteroatoms. The van der Waals surface area contributed by atoms with E-state index in [4.69, 9.17) is 4.74 Å². The van der Waals surface area contributed by atoms with E-state index < -0.39 is 0 Å². The third-order valence-electron chi connectivity index (χ3n) is 2.79. The van der Waals surface area contributed by atoms with Crippen LogP contribution in [0.25, 0.3) is 0 Å². The number of carbonyl (C=O) groups excluding carboxylic acids is 1. The summed E-state index contributed by atoms with van der Waals surface area (Å²) in [6.07, 6.45) is 11.6. The number of alkyl carbamates (subject to hydrolysis) is 1. The Labute approximate surface area is 98.2 Å². The molecule has 1 amide bonds. The summed E-state index contributed by atoms with van der Waals surface area (Å²) in [5.74, 6) is 0. The van der Waals surface area contributed by atoms with Crippen molar-refractivity contribution in [3.63, 3.8) is 0 Å². The van der Waals surface area contributed by atoms with Crippen LogP contribution in [0.15, 0.2) is 12.2 Å². The van der Waals surface area contributed by atoms with Crippen molar-refractivity contribution < 1.29 is 9.53 Å². The second-order valence-electron chi connectivity index (χ2n) is 4.29. The van der Waals surface area contributed by atoms with Crippen molar-refractivity contribution >= 4 is 6.09 Å². The first-order valence-electron chi connectivity index (χ1n) is 6.42. The molecule has 0 aliphatic heterocycles. The lowest BCUT2D eigenvalue weighted by molar-refractivity contribution is 0.0864. The van der Waals surface area contributed by atoms with Gasteiger partial charge in [0.2, 0.25) is 0 Å². The Morgan fingerprint density at radius 1 is 1.38 bits per heavy atom. The molecule has 1 aliphatic rings. The molecule has 0 spiro atoms. The van der Waals surface area contributed by atoms with Crippen molar-refractivity contribution in [1.82, 2.24) is 5.32 Å². The van der Waals surface area contributed by atoms with E-state index in [0.717, 1.165) is 51.5 Å². The molecule has 0 radical (unpaired) electrons. The summed E-state index contributed by atoms with van der Waals surface area (Å²) >= 11 is 0. The zero-order valence-corrected chi connectivity index (χ0v) is 10.2. The number of amides is 1. The van der Waals surface area contributed by atoms with Crippen molar-refractivity contribution in [1.29, 1.82) is 0 Å². The fraction of sp³-hybridized carbons (Fsp3) is 0.769. The Balaban J connectivity index is 2.18. The van der Waals surface area contributed by atoms with E-state index in [1.54, 1.807) is 0 Å². The minimum absolute atomic E-state index is 0.103. The van der Waals surface area contributed by atoms with Gasteiger partial charge in [0, 0.05) is 6.54 Å². The molecule has 1 unspecified atom stereocenters. The Bertz CT molecular complexity index is 226. The van der Waals surface area contributed by atoms with E-state index in [9.17, 15) is 4.79 Å². The molecule has 0 bridgehead atoms. The third kappa shape index (κ3) is 5.79. The van der Waals surface area contributed by atoms with Crippen LogP contribution in [0.2, 0.25) is 0 Å². The highest BCUT2D eigenvalue weighted by molar-refractivity contribution is 5.67. The number of allylic oxidation sites excluding steroid dienone is 2. The predicted molar refractivity (Wildman–Crippen MR) is 65.4 cm³/mol. The molecule has 0 fully saturated rings. The van der Waals surface area contributed by atoms with Crippen LogP contribution < -0.4 is 5.32 Å². The van der Waals surface area contributed by atoms with Crippen molar-refractivity contribution in [2.75, 3.05) is 6.54 Å². The summed E-state index contributed by atoms with van der Waals surface area (Å²) in [4.78, 5) is 11.4. The molecule has 3 nitrogen and oxygen atoms in total. The maximum atomic E-state index is 11.4. The monoisotopic (exact) mass is 225 g/mol. The second-order valence-corrected chi connectivity index (χ2v) is 4.29. The smallest absolute Gasteiger partial charge is 0.407 e. The molecular formula is C13H23NO2. The van der Waals surface area contributed by atoms with Gasteiger partial charge in [-0.05, 0) is 38.5 Å². The fourth-order valence-corrected chi connectivity index (χ4v) is 1.80. The molecule has 1 aliphatic carbocycles. The fourth-order valence-electron chi connectivity index (χ4n) is 1.80. The molecule has 0 saturated carbocycles. The van der Waals surface area contributed by atoms with Crippen LogP contribution in [0.4, 0.5) is 4.79 Å². The van der Waals surface area contributed by atoms with Gasteiger partial charge in [0.05, 0.1) is 0 Å². The van der Waals surface area contributed by atoms with Crippen LogP contribution in [-0.4, -0.2) is 18.7 Å². The number of nitrogens with one attached hydrogen (secondary N) is 1. The maximum Gasteiger partial charge on any atom is 0.407 e. The van der Waals surface area contributed by atoms with Gasteiger partial charge in [0.25, 0.3) is 0 Å². The number of unbranched alkanes of at least 4 members (excludes halogenated alkanes) is 1. The third-order valence-corrected chi connectivity index (χ3v) is 2.79. The molecule has 0 aromatic heterocycles. The molecule has 16 heavy (non-hydrogen) atoms. The Morgan fingerprint density at radius 3 is 3.00 bits per heavy atom. The standard InChI is InChI=1S/C13H23NO2/c1-2-3-11-14-13(15)16-12-9-7-5-4-6-8-10-12/h4-5,12H,2-3,6-11H2,1H3,(H,14,15). The zero-order valence-electron chi connectivity index (χ0n) is 10.2. The van der Waals surface area contributed by atoms with Gasteiger partial charge in [0.1, 0.15) is 6.10 Å². The van der Waals surface area contributed by atoms with Gasteiger partial charge in [-0.3, -0.25) is 0 Å². The Morgan fingerprint density at radius 2 is 2.19 bits per heavy atom. The van der Waals surface area contributed by atoms with Crippen molar-refractivity contribution in [2.45, 2.75) is 58.0 Å². The Hall–Kier alpha value is -0.990. The molecule has 1 rings (SSSR count). The highest BCUT2D eigenvalue weighted by Gasteiger charge is 2.13. The van der Waals surface area contributed by atoms with Crippen molar-refractivity contribution in [3.05, 3.63) is 12.2 Å². The number of hydrogen-bond acceptors (Lipinski definition) is 2. The van der Waals surface area contributed by atoms with Crippen LogP contribution in [-0.2, 0) is 4.74 Å². The van der Waals surface area contributed by atoms with Gasteiger partial charge < -0.3 is 10.1 Å². The lowest BCUT2D eigenvalue weighted by Gasteiger charge is -2.18.